The molecule has 0 radical (unpaired) electrons. The quantitative estimate of drug-likeness (QED) is 0.274. The summed E-state index contributed by atoms with van der Waals surface area (Å²) < 4.78 is 5.41. The SMILES string of the molecule is Cc1ccc([C@@H](/C=C/[C@H](O)[C@@H](CC(C)C)NC(=O)c2ccc([N+](=O)[O-])cc2)ON2CCOCC2)cc1. The molecule has 1 amide bonds. The average Bonchev–Trinajstić information content (AvgIpc) is 2.87. The van der Waals surface area contributed by atoms with E-state index < -0.39 is 29.1 Å². The molecule has 36 heavy (non-hydrogen) atoms. The summed E-state index contributed by atoms with van der Waals surface area (Å²) in [5.74, 6) is -0.185. The van der Waals surface area contributed by atoms with Gasteiger partial charge in [0.2, 0.25) is 0 Å². The number of carbonyl (C=O) groups is 1. The molecule has 2 aromatic rings. The van der Waals surface area contributed by atoms with Crippen molar-refractivity contribution < 1.29 is 24.4 Å². The van der Waals surface area contributed by atoms with Crippen molar-refractivity contribution in [1.29, 1.82) is 0 Å². The Morgan fingerprint density at radius 3 is 2.36 bits per heavy atom. The molecule has 1 heterocycles. The molecule has 2 N–H and O–H groups in total. The molecule has 0 spiro atoms. The average molecular weight is 498 g/mol. The molecule has 2 aromatic carbocycles. The highest BCUT2D eigenvalue weighted by Gasteiger charge is 2.23. The zero-order valence-electron chi connectivity index (χ0n) is 21.0. The summed E-state index contributed by atoms with van der Waals surface area (Å²) in [7, 11) is 0. The van der Waals surface area contributed by atoms with E-state index in [9.17, 15) is 20.0 Å². The number of hydrogen-bond donors (Lipinski definition) is 2. The fraction of sp³-hybridized carbons (Fsp3) is 0.444. The Morgan fingerprint density at radius 1 is 1.14 bits per heavy atom. The molecule has 1 saturated heterocycles. The van der Waals surface area contributed by atoms with E-state index in [2.05, 4.69) is 5.32 Å². The van der Waals surface area contributed by atoms with Gasteiger partial charge in [0.25, 0.3) is 11.6 Å². The van der Waals surface area contributed by atoms with E-state index in [-0.39, 0.29) is 11.6 Å². The van der Waals surface area contributed by atoms with Crippen molar-refractivity contribution >= 4 is 11.6 Å². The minimum absolute atomic E-state index is 0.0873. The number of non-ortho nitro benzene ring substituents is 1. The smallest absolute Gasteiger partial charge is 0.269 e. The first-order valence-electron chi connectivity index (χ1n) is 12.2. The van der Waals surface area contributed by atoms with Gasteiger partial charge >= 0.3 is 0 Å². The lowest BCUT2D eigenvalue weighted by Crippen LogP contribution is -2.43. The van der Waals surface area contributed by atoms with Gasteiger partial charge in [-0.2, -0.15) is 5.06 Å². The van der Waals surface area contributed by atoms with Crippen LogP contribution in [0.25, 0.3) is 0 Å². The summed E-state index contributed by atoms with van der Waals surface area (Å²) in [5.41, 5.74) is 2.29. The fourth-order valence-corrected chi connectivity index (χ4v) is 3.90. The maximum Gasteiger partial charge on any atom is 0.269 e. The standard InChI is InChI=1S/C27H35N3O6/c1-19(2)18-24(28-27(32)22-8-10-23(11-9-22)30(33)34)25(31)12-13-26(21-6-4-20(3)5-7-21)36-29-14-16-35-17-15-29/h4-13,19,24-26,31H,14-18H2,1-3H3,(H,28,32)/b13-12+/t24-,25+,26-/m1/s1. The first kappa shape index (κ1) is 27.5. The van der Waals surface area contributed by atoms with Crippen LogP contribution >= 0.6 is 0 Å². The number of amides is 1. The highest BCUT2D eigenvalue weighted by atomic mass is 16.7. The van der Waals surface area contributed by atoms with E-state index in [1.807, 2.05) is 56.2 Å². The lowest BCUT2D eigenvalue weighted by Gasteiger charge is -2.29. The monoisotopic (exact) mass is 497 g/mol. The molecule has 3 rings (SSSR count). The first-order valence-corrected chi connectivity index (χ1v) is 12.2. The lowest BCUT2D eigenvalue weighted by molar-refractivity contribution is -0.384. The molecule has 3 atom stereocenters. The van der Waals surface area contributed by atoms with Crippen molar-refractivity contribution in [3.8, 4) is 0 Å². The second-order valence-electron chi connectivity index (χ2n) is 9.37. The van der Waals surface area contributed by atoms with E-state index in [0.717, 1.165) is 11.1 Å². The molecule has 9 nitrogen and oxygen atoms in total. The number of aliphatic hydroxyl groups is 1. The molecule has 0 bridgehead atoms. The molecule has 1 fully saturated rings. The van der Waals surface area contributed by atoms with Gasteiger partial charge in [-0.05, 0) is 37.0 Å². The van der Waals surface area contributed by atoms with Crippen molar-refractivity contribution in [3.05, 3.63) is 87.5 Å². The van der Waals surface area contributed by atoms with Crippen molar-refractivity contribution in [2.45, 2.75) is 45.4 Å². The van der Waals surface area contributed by atoms with Gasteiger partial charge in [0.15, 0.2) is 0 Å². The minimum Gasteiger partial charge on any atom is -0.387 e. The predicted molar refractivity (Wildman–Crippen MR) is 136 cm³/mol. The number of nitrogens with zero attached hydrogens (tertiary/aromatic N) is 2. The van der Waals surface area contributed by atoms with Gasteiger partial charge in [0, 0.05) is 30.8 Å². The molecule has 1 aliphatic rings. The van der Waals surface area contributed by atoms with Crippen molar-refractivity contribution in [1.82, 2.24) is 10.4 Å². The van der Waals surface area contributed by atoms with Crippen molar-refractivity contribution in [2.75, 3.05) is 26.3 Å². The van der Waals surface area contributed by atoms with E-state index in [0.29, 0.717) is 38.3 Å². The first-order chi connectivity index (χ1) is 17.2. The molecule has 0 aromatic heterocycles. The van der Waals surface area contributed by atoms with E-state index in [1.54, 1.807) is 6.08 Å². The van der Waals surface area contributed by atoms with Gasteiger partial charge in [0.05, 0.1) is 30.3 Å². The third-order valence-corrected chi connectivity index (χ3v) is 5.92. The number of nitro benzene ring substituents is 1. The molecular formula is C27H35N3O6. The number of nitrogens with one attached hydrogen (secondary N) is 1. The van der Waals surface area contributed by atoms with Crippen LogP contribution in [-0.2, 0) is 9.57 Å². The van der Waals surface area contributed by atoms with Gasteiger partial charge in [-0.15, -0.1) is 0 Å². The van der Waals surface area contributed by atoms with Crippen molar-refractivity contribution in [2.24, 2.45) is 5.92 Å². The van der Waals surface area contributed by atoms with Gasteiger partial charge < -0.3 is 15.2 Å². The summed E-state index contributed by atoms with van der Waals surface area (Å²) in [6, 6.07) is 12.9. The highest BCUT2D eigenvalue weighted by molar-refractivity contribution is 5.94. The molecule has 0 aliphatic carbocycles. The number of morpholine rings is 1. The third-order valence-electron chi connectivity index (χ3n) is 5.92. The maximum absolute atomic E-state index is 12.8. The zero-order valence-corrected chi connectivity index (χ0v) is 21.0. The Bertz CT molecular complexity index is 1020. The van der Waals surface area contributed by atoms with Gasteiger partial charge in [-0.3, -0.25) is 19.7 Å². The van der Waals surface area contributed by atoms with Crippen LogP contribution in [0.15, 0.2) is 60.7 Å². The van der Waals surface area contributed by atoms with Crippen LogP contribution in [0, 0.1) is 23.0 Å². The molecule has 9 heteroatoms. The predicted octanol–water partition coefficient (Wildman–Crippen LogP) is 3.97. The lowest BCUT2D eigenvalue weighted by atomic mass is 9.97. The number of aryl methyl sites for hydroxylation is 1. The van der Waals surface area contributed by atoms with Crippen LogP contribution in [0.2, 0.25) is 0 Å². The fourth-order valence-electron chi connectivity index (χ4n) is 3.90. The van der Waals surface area contributed by atoms with Crippen molar-refractivity contribution in [3.63, 3.8) is 0 Å². The maximum atomic E-state index is 12.8. The number of ether oxygens (including phenoxy) is 1. The Hall–Kier alpha value is -3.11. The van der Waals surface area contributed by atoms with Gasteiger partial charge in [0.1, 0.15) is 6.10 Å². The summed E-state index contributed by atoms with van der Waals surface area (Å²) in [4.78, 5) is 29.4. The highest BCUT2D eigenvalue weighted by Crippen LogP contribution is 2.23. The second-order valence-corrected chi connectivity index (χ2v) is 9.37. The molecule has 194 valence electrons. The normalized spacial score (nSPS) is 17.1. The number of benzene rings is 2. The largest absolute Gasteiger partial charge is 0.387 e. The summed E-state index contributed by atoms with van der Waals surface area (Å²) >= 11 is 0. The number of hydroxylamine groups is 2. The summed E-state index contributed by atoms with van der Waals surface area (Å²) in [6.45, 7) is 8.54. The van der Waals surface area contributed by atoms with E-state index in [1.165, 1.54) is 24.3 Å². The molecule has 0 unspecified atom stereocenters. The number of hydrogen-bond acceptors (Lipinski definition) is 7. The Kier molecular flexibility index (Phi) is 10.1. The van der Waals surface area contributed by atoms with Gasteiger partial charge in [-0.1, -0.05) is 55.8 Å². The molecular weight excluding hydrogens is 462 g/mol. The number of nitro groups is 1. The molecule has 1 aliphatic heterocycles. The minimum atomic E-state index is -0.962. The van der Waals surface area contributed by atoms with Gasteiger partial charge in [-0.25, -0.2) is 0 Å². The Labute approximate surface area is 211 Å². The topological polar surface area (TPSA) is 114 Å². The Balaban J connectivity index is 1.74. The van der Waals surface area contributed by atoms with Crippen LogP contribution in [0.1, 0.15) is 47.9 Å². The number of carbonyl (C=O) groups excluding carboxylic acids is 1. The Morgan fingerprint density at radius 2 is 1.78 bits per heavy atom. The van der Waals surface area contributed by atoms with E-state index in [4.69, 9.17) is 9.57 Å². The third kappa shape index (κ3) is 8.23. The van der Waals surface area contributed by atoms with Crippen LogP contribution < -0.4 is 5.32 Å². The number of aliphatic hydroxyl groups excluding tert-OH is 1. The van der Waals surface area contributed by atoms with Crippen LogP contribution in [0.5, 0.6) is 0 Å². The molecule has 0 saturated carbocycles. The summed E-state index contributed by atoms with van der Waals surface area (Å²) in [6.07, 6.45) is 2.65. The van der Waals surface area contributed by atoms with Crippen LogP contribution in [0.3, 0.4) is 0 Å². The zero-order chi connectivity index (χ0) is 26.1. The van der Waals surface area contributed by atoms with E-state index >= 15 is 0 Å². The number of rotatable bonds is 11. The van der Waals surface area contributed by atoms with Crippen LogP contribution in [-0.4, -0.2) is 59.4 Å². The second kappa shape index (κ2) is 13.3. The summed E-state index contributed by atoms with van der Waals surface area (Å²) in [5, 5.41) is 26.7. The van der Waals surface area contributed by atoms with Crippen LogP contribution in [0.4, 0.5) is 5.69 Å².